The van der Waals surface area contributed by atoms with E-state index in [4.69, 9.17) is 0 Å². The largest absolute Gasteiger partial charge is 0.392 e. The average Bonchev–Trinajstić information content (AvgIpc) is 1.86. The molecule has 0 bridgehead atoms. The molecule has 1 aliphatic rings. The molecule has 11 heavy (non-hydrogen) atoms. The molecule has 1 nitrogen and oxygen atoms in total. The van der Waals surface area contributed by atoms with Crippen molar-refractivity contribution < 1.29 is 17.4 Å². The lowest BCUT2D eigenvalue weighted by molar-refractivity contribution is -0.170. The van der Waals surface area contributed by atoms with Gasteiger partial charge in [-0.05, 0) is 12.8 Å². The van der Waals surface area contributed by atoms with Gasteiger partial charge in [-0.25, -0.2) is 0 Å². The molecule has 1 unspecified atom stereocenters. The molecule has 2 atom stereocenters. The van der Waals surface area contributed by atoms with Crippen LogP contribution in [0.1, 0.15) is 12.8 Å². The molecular weight excluding hydrogens is 177 g/mol. The van der Waals surface area contributed by atoms with Crippen LogP contribution in [0, 0.1) is 5.92 Å². The van der Waals surface area contributed by atoms with E-state index >= 15 is 0 Å². The number of rotatable bonds is 0. The second-order valence-electron chi connectivity index (χ2n) is 2.69. The van der Waals surface area contributed by atoms with Crippen LogP contribution in [0.5, 0.6) is 0 Å². The minimum atomic E-state index is -4.14. The molecule has 5 heteroatoms. The molecule has 66 valence electrons. The van der Waals surface area contributed by atoms with Crippen molar-refractivity contribution >= 4 is 10.8 Å². The summed E-state index contributed by atoms with van der Waals surface area (Å²) < 4.78 is 46.7. The van der Waals surface area contributed by atoms with E-state index in [1.165, 1.54) is 0 Å². The van der Waals surface area contributed by atoms with Gasteiger partial charge in [-0.15, -0.1) is 0 Å². The van der Waals surface area contributed by atoms with Crippen molar-refractivity contribution in [1.29, 1.82) is 0 Å². The molecule has 1 fully saturated rings. The summed E-state index contributed by atoms with van der Waals surface area (Å²) in [5.41, 5.74) is 0. The van der Waals surface area contributed by atoms with E-state index < -0.39 is 22.9 Å². The van der Waals surface area contributed by atoms with Crippen LogP contribution in [0.3, 0.4) is 0 Å². The van der Waals surface area contributed by atoms with E-state index in [9.17, 15) is 17.4 Å². The molecule has 0 radical (unpaired) electrons. The van der Waals surface area contributed by atoms with Crippen molar-refractivity contribution in [1.82, 2.24) is 0 Å². The van der Waals surface area contributed by atoms with Gasteiger partial charge in [0.15, 0.2) is 0 Å². The summed E-state index contributed by atoms with van der Waals surface area (Å²) in [5.74, 6) is -1.08. The predicted molar refractivity (Wildman–Crippen MR) is 36.7 cm³/mol. The van der Waals surface area contributed by atoms with Crippen molar-refractivity contribution in [3.05, 3.63) is 0 Å². The highest BCUT2D eigenvalue weighted by Gasteiger charge is 2.41. The fourth-order valence-corrected chi connectivity index (χ4v) is 2.60. The maximum absolute atomic E-state index is 12.0. The Morgan fingerprint density at radius 2 is 2.00 bits per heavy atom. The first-order valence-electron chi connectivity index (χ1n) is 3.42. The standard InChI is InChI=1S/C6H9F3OS/c7-6(8,9)5-2-1-3-11(10)4-5/h5H,1-4H2/t5-,11?/m1/s1. The Kier molecular flexibility index (Phi) is 2.57. The number of halogens is 3. The second-order valence-corrected chi connectivity index (χ2v) is 4.31. The lowest BCUT2D eigenvalue weighted by atomic mass is 10.1. The molecule has 1 heterocycles. The Morgan fingerprint density at radius 3 is 2.36 bits per heavy atom. The molecule has 0 spiro atoms. The van der Waals surface area contributed by atoms with Gasteiger partial charge in [-0.2, -0.15) is 13.2 Å². The zero-order chi connectivity index (χ0) is 8.48. The van der Waals surface area contributed by atoms with E-state index in [1.807, 2.05) is 0 Å². The maximum atomic E-state index is 12.0. The summed E-state index contributed by atoms with van der Waals surface area (Å²) in [5, 5.41) is 0. The van der Waals surface area contributed by atoms with Gasteiger partial charge < -0.3 is 0 Å². The lowest BCUT2D eigenvalue weighted by Crippen LogP contribution is -2.32. The van der Waals surface area contributed by atoms with Crippen LogP contribution in [0.4, 0.5) is 13.2 Å². The maximum Gasteiger partial charge on any atom is 0.392 e. The van der Waals surface area contributed by atoms with Crippen molar-refractivity contribution in [2.75, 3.05) is 11.5 Å². The van der Waals surface area contributed by atoms with Gasteiger partial charge in [0.1, 0.15) is 0 Å². The van der Waals surface area contributed by atoms with Crippen molar-refractivity contribution in [3.8, 4) is 0 Å². The quantitative estimate of drug-likeness (QED) is 0.562. The number of alkyl halides is 3. The van der Waals surface area contributed by atoms with E-state index in [-0.39, 0.29) is 12.2 Å². The third-order valence-corrected chi connectivity index (χ3v) is 3.29. The molecular formula is C6H9F3OS. The molecule has 0 aliphatic carbocycles. The van der Waals surface area contributed by atoms with Crippen molar-refractivity contribution in [2.45, 2.75) is 19.0 Å². The Bertz CT molecular complexity index is 166. The molecule has 1 rings (SSSR count). The van der Waals surface area contributed by atoms with Crippen LogP contribution in [-0.4, -0.2) is 21.9 Å². The lowest BCUT2D eigenvalue weighted by Gasteiger charge is -2.23. The van der Waals surface area contributed by atoms with Crippen LogP contribution < -0.4 is 0 Å². The van der Waals surface area contributed by atoms with Crippen LogP contribution in [0.25, 0.3) is 0 Å². The fraction of sp³-hybridized carbons (Fsp3) is 1.00. The number of hydrogen-bond donors (Lipinski definition) is 0. The summed E-state index contributed by atoms with van der Waals surface area (Å²) in [4.78, 5) is 0. The van der Waals surface area contributed by atoms with Gasteiger partial charge in [0.2, 0.25) is 0 Å². The number of hydrogen-bond acceptors (Lipinski definition) is 1. The summed E-state index contributed by atoms with van der Waals surface area (Å²) in [7, 11) is -1.24. The van der Waals surface area contributed by atoms with Crippen molar-refractivity contribution in [3.63, 3.8) is 0 Å². The molecule has 1 aliphatic heterocycles. The highest BCUT2D eigenvalue weighted by Crippen LogP contribution is 2.32. The third kappa shape index (κ3) is 2.47. The van der Waals surface area contributed by atoms with Gasteiger partial charge in [-0.1, -0.05) is 0 Å². The molecule has 0 amide bonds. The summed E-state index contributed by atoms with van der Waals surface area (Å²) in [6.07, 6.45) is -3.55. The SMILES string of the molecule is O=S1CCC[C@@H](C(F)(F)F)C1. The van der Waals surface area contributed by atoms with Gasteiger partial charge in [0.25, 0.3) is 0 Å². The fourth-order valence-electron chi connectivity index (χ4n) is 1.14. The van der Waals surface area contributed by atoms with Crippen LogP contribution in [0.2, 0.25) is 0 Å². The molecule has 0 saturated carbocycles. The van der Waals surface area contributed by atoms with Crippen LogP contribution in [-0.2, 0) is 10.8 Å². The molecule has 1 saturated heterocycles. The summed E-state index contributed by atoms with van der Waals surface area (Å²) in [6, 6.07) is 0. The molecule has 0 aromatic rings. The molecule has 0 aromatic carbocycles. The van der Waals surface area contributed by atoms with Gasteiger partial charge >= 0.3 is 6.18 Å². The average molecular weight is 186 g/mol. The monoisotopic (exact) mass is 186 g/mol. The first-order valence-corrected chi connectivity index (χ1v) is 4.90. The minimum Gasteiger partial charge on any atom is -0.260 e. The Labute approximate surface area is 65.4 Å². The highest BCUT2D eigenvalue weighted by molar-refractivity contribution is 7.85. The Hall–Kier alpha value is -0.0600. The highest BCUT2D eigenvalue weighted by atomic mass is 32.2. The normalized spacial score (nSPS) is 33.7. The summed E-state index contributed by atoms with van der Waals surface area (Å²) in [6.45, 7) is 0. The Morgan fingerprint density at radius 1 is 1.36 bits per heavy atom. The Balaban J connectivity index is 2.53. The van der Waals surface area contributed by atoms with Gasteiger partial charge in [-0.3, -0.25) is 4.21 Å². The molecule has 0 N–H and O–H groups in total. The van der Waals surface area contributed by atoms with Gasteiger partial charge in [0.05, 0.1) is 5.92 Å². The third-order valence-electron chi connectivity index (χ3n) is 1.77. The minimum absolute atomic E-state index is 0.148. The first kappa shape index (κ1) is 9.03. The van der Waals surface area contributed by atoms with E-state index in [2.05, 4.69) is 0 Å². The van der Waals surface area contributed by atoms with E-state index in [0.29, 0.717) is 12.2 Å². The first-order chi connectivity index (χ1) is 5.00. The zero-order valence-corrected chi connectivity index (χ0v) is 6.67. The predicted octanol–water partition coefficient (Wildman–Crippen LogP) is 1.71. The zero-order valence-electron chi connectivity index (χ0n) is 5.86. The van der Waals surface area contributed by atoms with Crippen LogP contribution >= 0.6 is 0 Å². The van der Waals surface area contributed by atoms with Crippen molar-refractivity contribution in [2.24, 2.45) is 5.92 Å². The second kappa shape index (κ2) is 3.13. The molecule has 0 aromatic heterocycles. The van der Waals surface area contributed by atoms with E-state index in [0.717, 1.165) is 0 Å². The van der Waals surface area contributed by atoms with Gasteiger partial charge in [0, 0.05) is 22.3 Å². The van der Waals surface area contributed by atoms with E-state index in [1.54, 1.807) is 0 Å². The smallest absolute Gasteiger partial charge is 0.260 e. The topological polar surface area (TPSA) is 17.1 Å². The summed E-state index contributed by atoms with van der Waals surface area (Å²) >= 11 is 0. The van der Waals surface area contributed by atoms with Crippen LogP contribution in [0.15, 0.2) is 0 Å².